The van der Waals surface area contributed by atoms with Gasteiger partial charge < -0.3 is 0 Å². The monoisotopic (exact) mass is 298 g/mol. The second-order valence-electron chi connectivity index (χ2n) is 5.16. The summed E-state index contributed by atoms with van der Waals surface area (Å²) in [4.78, 5) is 0. The zero-order chi connectivity index (χ0) is 13.3. The van der Waals surface area contributed by atoms with Crippen LogP contribution in [0.3, 0.4) is 0 Å². The molecule has 0 aromatic carbocycles. The Morgan fingerprint density at radius 3 is 2.29 bits per heavy atom. The van der Waals surface area contributed by atoms with E-state index in [9.17, 15) is 0 Å². The van der Waals surface area contributed by atoms with E-state index < -0.39 is 0 Å². The van der Waals surface area contributed by atoms with Gasteiger partial charge in [0.1, 0.15) is 0 Å². The molecule has 0 spiro atoms. The fourth-order valence-corrected chi connectivity index (χ4v) is 2.09. The molecule has 0 rings (SSSR count). The summed E-state index contributed by atoms with van der Waals surface area (Å²) in [6.45, 7) is 11.1. The summed E-state index contributed by atoms with van der Waals surface area (Å²) in [5.41, 5.74) is 2.77. The van der Waals surface area contributed by atoms with Gasteiger partial charge in [0.25, 0.3) is 0 Å². The Balaban J connectivity index is 4.09. The fourth-order valence-electron chi connectivity index (χ4n) is 1.58. The van der Waals surface area contributed by atoms with Crippen LogP contribution in [0.25, 0.3) is 0 Å². The van der Waals surface area contributed by atoms with Crippen molar-refractivity contribution in [2.24, 2.45) is 11.8 Å². The summed E-state index contributed by atoms with van der Waals surface area (Å²) in [5.74, 6) is 1.40. The number of allylic oxidation sites excluding steroid dienone is 6. The number of hydrogen-bond acceptors (Lipinski definition) is 0. The molecule has 98 valence electrons. The SMILES string of the molecule is CC(C)=CCCC(C)C(C)C=CC(C)=CCBr. The average molecular weight is 299 g/mol. The van der Waals surface area contributed by atoms with Crippen LogP contribution >= 0.6 is 15.9 Å². The minimum absolute atomic E-state index is 0.652. The molecule has 2 atom stereocenters. The first-order valence-electron chi connectivity index (χ1n) is 6.51. The quantitative estimate of drug-likeness (QED) is 0.312. The van der Waals surface area contributed by atoms with Crippen LogP contribution in [0.1, 0.15) is 47.5 Å². The predicted octanol–water partition coefficient (Wildman–Crippen LogP) is 5.90. The molecule has 0 aliphatic rings. The lowest BCUT2D eigenvalue weighted by atomic mass is 9.90. The summed E-state index contributed by atoms with van der Waals surface area (Å²) in [5, 5.41) is 0.938. The van der Waals surface area contributed by atoms with Crippen LogP contribution in [0.4, 0.5) is 0 Å². The third kappa shape index (κ3) is 9.41. The molecule has 0 aliphatic carbocycles. The van der Waals surface area contributed by atoms with Crippen LogP contribution < -0.4 is 0 Å². The zero-order valence-electron chi connectivity index (χ0n) is 12.0. The van der Waals surface area contributed by atoms with Crippen LogP contribution in [0.2, 0.25) is 0 Å². The Morgan fingerprint density at radius 2 is 1.76 bits per heavy atom. The molecule has 2 unspecified atom stereocenters. The Labute approximate surface area is 116 Å². The maximum absolute atomic E-state index is 3.42. The molecule has 1 heteroatoms. The maximum Gasteiger partial charge on any atom is 0.0217 e. The molecule has 17 heavy (non-hydrogen) atoms. The zero-order valence-corrected chi connectivity index (χ0v) is 13.5. The predicted molar refractivity (Wildman–Crippen MR) is 83.7 cm³/mol. The highest BCUT2D eigenvalue weighted by Gasteiger charge is 2.07. The highest BCUT2D eigenvalue weighted by Crippen LogP contribution is 2.19. The van der Waals surface area contributed by atoms with Gasteiger partial charge in [-0.3, -0.25) is 0 Å². The maximum atomic E-state index is 3.42. The molecule has 0 aromatic heterocycles. The van der Waals surface area contributed by atoms with Gasteiger partial charge in [-0.05, 0) is 45.4 Å². The third-order valence-corrected chi connectivity index (χ3v) is 3.46. The second-order valence-corrected chi connectivity index (χ2v) is 5.80. The number of hydrogen-bond donors (Lipinski definition) is 0. The van der Waals surface area contributed by atoms with E-state index in [2.05, 4.69) is 74.9 Å². The topological polar surface area (TPSA) is 0 Å². The van der Waals surface area contributed by atoms with Gasteiger partial charge in [-0.2, -0.15) is 0 Å². The molecule has 0 radical (unpaired) electrons. The summed E-state index contributed by atoms with van der Waals surface area (Å²) in [7, 11) is 0. The van der Waals surface area contributed by atoms with Crippen molar-refractivity contribution >= 4 is 15.9 Å². The molecular weight excluding hydrogens is 272 g/mol. The smallest absolute Gasteiger partial charge is 0.0217 e. The van der Waals surface area contributed by atoms with Gasteiger partial charge in [-0.1, -0.05) is 65.2 Å². The van der Waals surface area contributed by atoms with E-state index in [0.717, 1.165) is 11.2 Å². The lowest BCUT2D eigenvalue weighted by Crippen LogP contribution is -2.04. The summed E-state index contributed by atoms with van der Waals surface area (Å²) in [6, 6.07) is 0. The standard InChI is InChI=1S/C16H27Br/c1-13(2)7-6-8-15(4)16(5)10-9-14(3)11-12-17/h7,9-11,15-16H,6,8,12H2,1-5H3. The number of alkyl halides is 1. The van der Waals surface area contributed by atoms with Gasteiger partial charge in [0.2, 0.25) is 0 Å². The van der Waals surface area contributed by atoms with Gasteiger partial charge in [-0.25, -0.2) is 0 Å². The molecule has 0 nitrogen and oxygen atoms in total. The van der Waals surface area contributed by atoms with Crippen molar-refractivity contribution < 1.29 is 0 Å². The molecule has 0 aromatic rings. The molecule has 0 amide bonds. The minimum Gasteiger partial charge on any atom is -0.0883 e. The van der Waals surface area contributed by atoms with E-state index in [1.807, 2.05) is 0 Å². The minimum atomic E-state index is 0.652. The molecule has 0 heterocycles. The normalized spacial score (nSPS) is 16.0. The Bertz CT molecular complexity index is 280. The largest absolute Gasteiger partial charge is 0.0883 e. The highest BCUT2D eigenvalue weighted by molar-refractivity contribution is 9.09. The van der Waals surface area contributed by atoms with Crippen molar-refractivity contribution in [1.82, 2.24) is 0 Å². The van der Waals surface area contributed by atoms with E-state index in [-0.39, 0.29) is 0 Å². The molecule has 0 fully saturated rings. The Kier molecular flexibility index (Phi) is 9.53. The van der Waals surface area contributed by atoms with Crippen molar-refractivity contribution in [3.63, 3.8) is 0 Å². The summed E-state index contributed by atoms with van der Waals surface area (Å²) < 4.78 is 0. The lowest BCUT2D eigenvalue weighted by molar-refractivity contribution is 0.431. The van der Waals surface area contributed by atoms with Gasteiger partial charge >= 0.3 is 0 Å². The van der Waals surface area contributed by atoms with Crippen LogP contribution in [0.5, 0.6) is 0 Å². The van der Waals surface area contributed by atoms with E-state index in [4.69, 9.17) is 0 Å². The first-order chi connectivity index (χ1) is 7.97. The van der Waals surface area contributed by atoms with Crippen molar-refractivity contribution in [3.05, 3.63) is 35.5 Å². The molecular formula is C16H27Br. The van der Waals surface area contributed by atoms with Crippen molar-refractivity contribution in [1.29, 1.82) is 0 Å². The fraction of sp³-hybridized carbons (Fsp3) is 0.625. The lowest BCUT2D eigenvalue weighted by Gasteiger charge is -2.15. The van der Waals surface area contributed by atoms with E-state index >= 15 is 0 Å². The number of halogens is 1. The molecule has 0 N–H and O–H groups in total. The van der Waals surface area contributed by atoms with Gasteiger partial charge in [-0.15, -0.1) is 0 Å². The first-order valence-corrected chi connectivity index (χ1v) is 7.63. The molecule has 0 aliphatic heterocycles. The van der Waals surface area contributed by atoms with E-state index in [0.29, 0.717) is 5.92 Å². The van der Waals surface area contributed by atoms with Crippen LogP contribution in [-0.2, 0) is 0 Å². The summed E-state index contributed by atoms with van der Waals surface area (Å²) >= 11 is 3.42. The van der Waals surface area contributed by atoms with Gasteiger partial charge in [0, 0.05) is 5.33 Å². The van der Waals surface area contributed by atoms with E-state index in [1.165, 1.54) is 24.0 Å². The molecule has 0 bridgehead atoms. The van der Waals surface area contributed by atoms with Gasteiger partial charge in [0.05, 0.1) is 0 Å². The van der Waals surface area contributed by atoms with Gasteiger partial charge in [0.15, 0.2) is 0 Å². The summed E-state index contributed by atoms with van der Waals surface area (Å²) in [6.07, 6.45) is 11.6. The Morgan fingerprint density at radius 1 is 1.12 bits per heavy atom. The van der Waals surface area contributed by atoms with Crippen molar-refractivity contribution in [3.8, 4) is 0 Å². The number of rotatable bonds is 7. The first kappa shape index (κ1) is 16.7. The Hall–Kier alpha value is -0.300. The average Bonchev–Trinajstić information content (AvgIpc) is 2.25. The second kappa shape index (κ2) is 9.70. The van der Waals surface area contributed by atoms with Crippen molar-refractivity contribution in [2.75, 3.05) is 5.33 Å². The van der Waals surface area contributed by atoms with Crippen molar-refractivity contribution in [2.45, 2.75) is 47.5 Å². The molecule has 0 saturated carbocycles. The molecule has 0 saturated heterocycles. The van der Waals surface area contributed by atoms with Crippen LogP contribution in [0.15, 0.2) is 35.5 Å². The highest BCUT2D eigenvalue weighted by atomic mass is 79.9. The van der Waals surface area contributed by atoms with Crippen LogP contribution in [0, 0.1) is 11.8 Å². The third-order valence-electron chi connectivity index (χ3n) is 3.13. The van der Waals surface area contributed by atoms with E-state index in [1.54, 1.807) is 0 Å². The van der Waals surface area contributed by atoms with Crippen LogP contribution in [-0.4, -0.2) is 5.33 Å².